The standard InChI is InChI=1S/C29H24ClN5O4S2/c1-39-26-12-7-18(15-25(26)30)27-24(17-35(33-27)20-5-3-2-4-6-20)22-16-23(22)28(36)32-19-8-10-21(11-9-19)41(37,38)34-29-31-13-14-40-29/h2-15,17,22-23H,16H2,1H3,(H,31,34)(H,32,36). The fourth-order valence-electron chi connectivity index (χ4n) is 4.64. The maximum Gasteiger partial charge on any atom is 0.263 e. The lowest BCUT2D eigenvalue weighted by molar-refractivity contribution is -0.117. The van der Waals surface area contributed by atoms with Gasteiger partial charge in [0.05, 0.1) is 28.4 Å². The van der Waals surface area contributed by atoms with Crippen LogP contribution in [0.4, 0.5) is 10.8 Å². The van der Waals surface area contributed by atoms with E-state index in [1.54, 1.807) is 30.7 Å². The molecule has 6 rings (SSSR count). The van der Waals surface area contributed by atoms with E-state index < -0.39 is 10.0 Å². The molecule has 5 aromatic rings. The summed E-state index contributed by atoms with van der Waals surface area (Å²) < 4.78 is 34.8. The van der Waals surface area contributed by atoms with Crippen molar-refractivity contribution in [2.24, 2.45) is 5.92 Å². The molecule has 208 valence electrons. The number of para-hydroxylation sites is 1. The van der Waals surface area contributed by atoms with Crippen LogP contribution in [0.2, 0.25) is 5.02 Å². The Hall–Kier alpha value is -4.19. The van der Waals surface area contributed by atoms with E-state index in [0.717, 1.165) is 22.5 Å². The average molecular weight is 606 g/mol. The highest BCUT2D eigenvalue weighted by Gasteiger charge is 2.46. The Morgan fingerprint density at radius 1 is 1.10 bits per heavy atom. The Kier molecular flexibility index (Phi) is 7.24. The molecule has 1 aliphatic carbocycles. The molecule has 1 fully saturated rings. The lowest BCUT2D eigenvalue weighted by Crippen LogP contribution is -2.15. The van der Waals surface area contributed by atoms with E-state index in [2.05, 4.69) is 15.0 Å². The highest BCUT2D eigenvalue weighted by molar-refractivity contribution is 7.93. The quantitative estimate of drug-likeness (QED) is 0.207. The number of rotatable bonds is 9. The number of ether oxygens (including phenoxy) is 1. The van der Waals surface area contributed by atoms with Crippen molar-refractivity contribution in [3.05, 3.63) is 101 Å². The van der Waals surface area contributed by atoms with Crippen LogP contribution in [0.3, 0.4) is 0 Å². The Balaban J connectivity index is 1.21. The second kappa shape index (κ2) is 11.0. The van der Waals surface area contributed by atoms with E-state index in [4.69, 9.17) is 21.4 Å². The molecule has 2 heterocycles. The number of halogens is 1. The summed E-state index contributed by atoms with van der Waals surface area (Å²) in [7, 11) is -2.21. The van der Waals surface area contributed by atoms with Gasteiger partial charge in [0.1, 0.15) is 5.75 Å². The second-order valence-electron chi connectivity index (χ2n) is 9.47. The van der Waals surface area contributed by atoms with Gasteiger partial charge in [-0.15, -0.1) is 11.3 Å². The number of hydrogen-bond acceptors (Lipinski definition) is 7. The molecule has 2 N–H and O–H groups in total. The van der Waals surface area contributed by atoms with Crippen LogP contribution in [-0.4, -0.2) is 36.2 Å². The van der Waals surface area contributed by atoms with Gasteiger partial charge in [-0.25, -0.2) is 18.1 Å². The molecular weight excluding hydrogens is 582 g/mol. The van der Waals surface area contributed by atoms with Crippen molar-refractivity contribution in [1.29, 1.82) is 0 Å². The van der Waals surface area contributed by atoms with Gasteiger partial charge in [0.2, 0.25) is 5.91 Å². The maximum atomic E-state index is 13.2. The molecule has 2 unspecified atom stereocenters. The molecule has 0 spiro atoms. The van der Waals surface area contributed by atoms with E-state index in [0.29, 0.717) is 22.9 Å². The summed E-state index contributed by atoms with van der Waals surface area (Å²) in [5.74, 6) is 0.134. The minimum Gasteiger partial charge on any atom is -0.495 e. The fourth-order valence-corrected chi connectivity index (χ4v) is 6.68. The van der Waals surface area contributed by atoms with Gasteiger partial charge in [-0.3, -0.25) is 9.52 Å². The molecule has 12 heteroatoms. The maximum absolute atomic E-state index is 13.2. The van der Waals surface area contributed by atoms with E-state index >= 15 is 0 Å². The van der Waals surface area contributed by atoms with Crippen LogP contribution in [0.1, 0.15) is 17.9 Å². The van der Waals surface area contributed by atoms with Gasteiger partial charge in [0, 0.05) is 46.4 Å². The number of thiazole rings is 1. The van der Waals surface area contributed by atoms with Gasteiger partial charge in [-0.2, -0.15) is 5.10 Å². The van der Waals surface area contributed by atoms with Crippen LogP contribution in [0, 0.1) is 5.92 Å². The predicted octanol–water partition coefficient (Wildman–Crippen LogP) is 6.20. The summed E-state index contributed by atoms with van der Waals surface area (Å²) >= 11 is 7.62. The molecule has 2 atom stereocenters. The zero-order chi connectivity index (χ0) is 28.6. The number of methoxy groups -OCH3 is 1. The first kappa shape index (κ1) is 27.0. The Morgan fingerprint density at radius 2 is 1.88 bits per heavy atom. The minimum atomic E-state index is -3.78. The number of nitrogens with one attached hydrogen (secondary N) is 2. The molecule has 1 aliphatic rings. The SMILES string of the molecule is COc1ccc(-c2nn(-c3ccccc3)cc2C2CC2C(=O)Nc2ccc(S(=O)(=O)Nc3nccs3)cc2)cc1Cl. The Labute approximate surface area is 245 Å². The van der Waals surface area contributed by atoms with Crippen LogP contribution in [0.25, 0.3) is 16.9 Å². The van der Waals surface area contributed by atoms with Gasteiger partial charge in [-0.05, 0) is 61.0 Å². The van der Waals surface area contributed by atoms with Gasteiger partial charge in [0.25, 0.3) is 10.0 Å². The van der Waals surface area contributed by atoms with Crippen molar-refractivity contribution in [3.8, 4) is 22.7 Å². The lowest BCUT2D eigenvalue weighted by atomic mass is 10.0. The highest BCUT2D eigenvalue weighted by Crippen LogP contribution is 2.51. The summed E-state index contributed by atoms with van der Waals surface area (Å²) in [6, 6.07) is 21.3. The molecule has 0 saturated heterocycles. The van der Waals surface area contributed by atoms with Crippen molar-refractivity contribution >= 4 is 49.7 Å². The zero-order valence-corrected chi connectivity index (χ0v) is 24.1. The topological polar surface area (TPSA) is 115 Å². The lowest BCUT2D eigenvalue weighted by Gasteiger charge is -2.08. The first-order valence-electron chi connectivity index (χ1n) is 12.6. The summed E-state index contributed by atoms with van der Waals surface area (Å²) in [5, 5.41) is 10.2. The van der Waals surface area contributed by atoms with E-state index in [9.17, 15) is 13.2 Å². The normalized spacial score (nSPS) is 16.2. The molecule has 1 saturated carbocycles. The monoisotopic (exact) mass is 605 g/mol. The Morgan fingerprint density at radius 3 is 2.56 bits per heavy atom. The first-order chi connectivity index (χ1) is 19.8. The van der Waals surface area contributed by atoms with Crippen LogP contribution in [-0.2, 0) is 14.8 Å². The Bertz CT molecular complexity index is 1810. The van der Waals surface area contributed by atoms with Gasteiger partial charge < -0.3 is 10.1 Å². The highest BCUT2D eigenvalue weighted by atomic mass is 35.5. The van der Waals surface area contributed by atoms with Gasteiger partial charge in [0.15, 0.2) is 5.13 Å². The van der Waals surface area contributed by atoms with Crippen LogP contribution in [0.15, 0.2) is 95.5 Å². The summed E-state index contributed by atoms with van der Waals surface area (Å²) in [6.45, 7) is 0. The molecule has 9 nitrogen and oxygen atoms in total. The molecule has 0 bridgehead atoms. The number of carbonyl (C=O) groups excluding carboxylic acids is 1. The largest absolute Gasteiger partial charge is 0.495 e. The number of carbonyl (C=O) groups is 1. The second-order valence-corrected chi connectivity index (χ2v) is 12.5. The molecule has 1 amide bonds. The van der Waals surface area contributed by atoms with Gasteiger partial charge >= 0.3 is 0 Å². The van der Waals surface area contributed by atoms with E-state index in [-0.39, 0.29) is 27.8 Å². The molecule has 41 heavy (non-hydrogen) atoms. The summed E-state index contributed by atoms with van der Waals surface area (Å²) in [5.41, 5.74) is 3.94. The van der Waals surface area contributed by atoms with E-state index in [1.807, 2.05) is 53.3 Å². The molecule has 3 aromatic carbocycles. The summed E-state index contributed by atoms with van der Waals surface area (Å²) in [4.78, 5) is 17.2. The number of aromatic nitrogens is 3. The van der Waals surface area contributed by atoms with Crippen molar-refractivity contribution in [1.82, 2.24) is 14.8 Å². The number of benzene rings is 3. The number of amides is 1. The first-order valence-corrected chi connectivity index (χ1v) is 15.4. The minimum absolute atomic E-state index is 0.0366. The number of anilines is 2. The van der Waals surface area contributed by atoms with Crippen LogP contribution < -0.4 is 14.8 Å². The third-order valence-corrected chi connectivity index (χ3v) is 9.27. The molecule has 2 aromatic heterocycles. The van der Waals surface area contributed by atoms with E-state index in [1.165, 1.54) is 29.7 Å². The van der Waals surface area contributed by atoms with Crippen molar-refractivity contribution in [2.75, 3.05) is 17.1 Å². The number of sulfonamides is 1. The number of nitrogens with zero attached hydrogens (tertiary/aromatic N) is 3. The smallest absolute Gasteiger partial charge is 0.263 e. The van der Waals surface area contributed by atoms with Crippen LogP contribution >= 0.6 is 22.9 Å². The fraction of sp³-hybridized carbons (Fsp3) is 0.138. The van der Waals surface area contributed by atoms with Crippen LogP contribution in [0.5, 0.6) is 5.75 Å². The molecule has 0 radical (unpaired) electrons. The average Bonchev–Trinajstić information content (AvgIpc) is 3.38. The van der Waals surface area contributed by atoms with Crippen molar-refractivity contribution < 1.29 is 17.9 Å². The summed E-state index contributed by atoms with van der Waals surface area (Å²) in [6.07, 6.45) is 4.15. The zero-order valence-electron chi connectivity index (χ0n) is 21.7. The van der Waals surface area contributed by atoms with Crippen molar-refractivity contribution in [2.45, 2.75) is 17.2 Å². The third-order valence-electron chi connectivity index (χ3n) is 6.80. The number of hydrogen-bond donors (Lipinski definition) is 2. The molecular formula is C29H24ClN5O4S2. The third kappa shape index (κ3) is 5.69. The molecule has 0 aliphatic heterocycles. The van der Waals surface area contributed by atoms with Crippen molar-refractivity contribution in [3.63, 3.8) is 0 Å². The van der Waals surface area contributed by atoms with Gasteiger partial charge in [-0.1, -0.05) is 29.8 Å². The predicted molar refractivity (Wildman–Crippen MR) is 159 cm³/mol.